The molecule has 2 N–H and O–H groups in total. The van der Waals surface area contributed by atoms with E-state index in [2.05, 4.69) is 37.4 Å². The quantitative estimate of drug-likeness (QED) is 0.711. The number of nitrogens with one attached hydrogen (secondary N) is 2. The van der Waals surface area contributed by atoms with Crippen molar-refractivity contribution in [2.24, 2.45) is 0 Å². The topological polar surface area (TPSA) is 99.9 Å². The van der Waals surface area contributed by atoms with Crippen LogP contribution in [-0.2, 0) is 12.8 Å². The van der Waals surface area contributed by atoms with Gasteiger partial charge in [-0.3, -0.25) is 9.69 Å². The van der Waals surface area contributed by atoms with Crippen LogP contribution in [0, 0.1) is 13.8 Å². The van der Waals surface area contributed by atoms with Gasteiger partial charge in [-0.15, -0.1) is 11.3 Å². The first-order valence-corrected chi connectivity index (χ1v) is 9.57. The number of H-pyrrole nitrogens is 1. The smallest absolute Gasteiger partial charge is 0.259 e. The summed E-state index contributed by atoms with van der Waals surface area (Å²) in [6.07, 6.45) is 1.11. The molecule has 0 radical (unpaired) electrons. The number of thiophene rings is 1. The van der Waals surface area contributed by atoms with Gasteiger partial charge in [0.2, 0.25) is 5.89 Å². The number of hydrogen-bond donors (Lipinski definition) is 2. The van der Waals surface area contributed by atoms with Gasteiger partial charge in [-0.2, -0.15) is 4.98 Å². The van der Waals surface area contributed by atoms with Crippen molar-refractivity contribution < 1.29 is 4.52 Å². The maximum Gasteiger partial charge on any atom is 0.259 e. The summed E-state index contributed by atoms with van der Waals surface area (Å²) in [5, 5.41) is 8.17. The Kier molecular flexibility index (Phi) is 4.60. The predicted octanol–water partition coefficient (Wildman–Crippen LogP) is 1.35. The highest BCUT2D eigenvalue weighted by molar-refractivity contribution is 7.18. The van der Waals surface area contributed by atoms with E-state index in [1.54, 1.807) is 11.3 Å². The van der Waals surface area contributed by atoms with Crippen molar-refractivity contribution in [2.45, 2.75) is 32.7 Å². The van der Waals surface area contributed by atoms with Gasteiger partial charge < -0.3 is 14.8 Å². The monoisotopic (exact) mass is 374 g/mol. The molecule has 26 heavy (non-hydrogen) atoms. The number of piperazine rings is 1. The first-order chi connectivity index (χ1) is 12.5. The van der Waals surface area contributed by atoms with Crippen molar-refractivity contribution in [3.8, 4) is 0 Å². The lowest BCUT2D eigenvalue weighted by atomic mass is 10.2. The third-order valence-corrected chi connectivity index (χ3v) is 6.06. The summed E-state index contributed by atoms with van der Waals surface area (Å²) in [6.45, 7) is 6.72. The Labute approximate surface area is 154 Å². The van der Waals surface area contributed by atoms with E-state index >= 15 is 0 Å². The maximum absolute atomic E-state index is 12.3. The zero-order chi connectivity index (χ0) is 18.3. The molecule has 3 aromatic heterocycles. The van der Waals surface area contributed by atoms with Crippen LogP contribution in [0.15, 0.2) is 9.32 Å². The van der Waals surface area contributed by atoms with E-state index in [0.29, 0.717) is 35.8 Å². The molecule has 1 saturated heterocycles. The SMILES string of the molecule is Cc1sc2nc(CCc3nc(C4CNCCN4C)no3)[nH]c(=O)c2c1C. The normalized spacial score (nSPS) is 18.7. The van der Waals surface area contributed by atoms with Crippen LogP contribution in [0.25, 0.3) is 10.2 Å². The molecule has 138 valence electrons. The predicted molar refractivity (Wildman–Crippen MR) is 99.7 cm³/mol. The van der Waals surface area contributed by atoms with Gasteiger partial charge in [-0.1, -0.05) is 5.16 Å². The van der Waals surface area contributed by atoms with Gasteiger partial charge in [0, 0.05) is 37.4 Å². The second-order valence-corrected chi connectivity index (χ2v) is 7.93. The fraction of sp³-hybridized carbons (Fsp3) is 0.529. The molecule has 9 heteroatoms. The molecule has 4 rings (SSSR count). The standard InChI is InChI=1S/C17H22N6O2S/c1-9-10(2)26-17-14(9)16(24)19-12(20-17)4-5-13-21-15(22-25-13)11-8-18-6-7-23(11)3/h11,18H,4-8H2,1-3H3,(H,19,20,24). The number of rotatable bonds is 4. The van der Waals surface area contributed by atoms with Crippen molar-refractivity contribution >= 4 is 21.6 Å². The highest BCUT2D eigenvalue weighted by Gasteiger charge is 2.25. The van der Waals surface area contributed by atoms with Crippen LogP contribution in [0.4, 0.5) is 0 Å². The molecule has 3 aromatic rings. The number of aryl methyl sites for hydroxylation is 4. The van der Waals surface area contributed by atoms with E-state index < -0.39 is 0 Å². The Morgan fingerprint density at radius 2 is 2.15 bits per heavy atom. The van der Waals surface area contributed by atoms with Gasteiger partial charge in [-0.25, -0.2) is 4.98 Å². The number of aromatic nitrogens is 4. The van der Waals surface area contributed by atoms with Gasteiger partial charge in [0.15, 0.2) is 5.82 Å². The summed E-state index contributed by atoms with van der Waals surface area (Å²) in [6, 6.07) is 0.132. The van der Waals surface area contributed by atoms with Crippen LogP contribution in [-0.4, -0.2) is 51.7 Å². The van der Waals surface area contributed by atoms with Crippen molar-refractivity contribution in [2.75, 3.05) is 26.7 Å². The largest absolute Gasteiger partial charge is 0.339 e. The number of nitrogens with zero attached hydrogens (tertiary/aromatic N) is 4. The second-order valence-electron chi connectivity index (χ2n) is 6.72. The number of aromatic amines is 1. The molecule has 8 nitrogen and oxygen atoms in total. The number of hydrogen-bond acceptors (Lipinski definition) is 8. The summed E-state index contributed by atoms with van der Waals surface area (Å²) < 4.78 is 5.40. The first kappa shape index (κ1) is 17.3. The third kappa shape index (κ3) is 3.17. The first-order valence-electron chi connectivity index (χ1n) is 8.75. The van der Waals surface area contributed by atoms with Crippen molar-refractivity contribution in [1.29, 1.82) is 0 Å². The Morgan fingerprint density at radius 1 is 1.31 bits per heavy atom. The molecule has 1 fully saturated rings. The molecule has 0 amide bonds. The Morgan fingerprint density at radius 3 is 2.96 bits per heavy atom. The molecule has 0 saturated carbocycles. The Bertz CT molecular complexity index is 991. The van der Waals surface area contributed by atoms with Gasteiger partial charge in [-0.05, 0) is 26.5 Å². The van der Waals surface area contributed by atoms with Crippen molar-refractivity contribution in [3.63, 3.8) is 0 Å². The average molecular weight is 374 g/mol. The van der Waals surface area contributed by atoms with Gasteiger partial charge >= 0.3 is 0 Å². The molecule has 0 bridgehead atoms. The highest BCUT2D eigenvalue weighted by Crippen LogP contribution is 2.25. The minimum atomic E-state index is -0.0760. The number of fused-ring (bicyclic) bond motifs is 1. The lowest BCUT2D eigenvalue weighted by Crippen LogP contribution is -2.44. The van der Waals surface area contributed by atoms with E-state index in [9.17, 15) is 4.79 Å². The van der Waals surface area contributed by atoms with Gasteiger partial charge in [0.05, 0.1) is 11.4 Å². The summed E-state index contributed by atoms with van der Waals surface area (Å²) >= 11 is 1.56. The van der Waals surface area contributed by atoms with Crippen molar-refractivity contribution in [3.05, 3.63) is 38.3 Å². The van der Waals surface area contributed by atoms with E-state index in [1.165, 1.54) is 0 Å². The van der Waals surface area contributed by atoms with Crippen LogP contribution in [0.3, 0.4) is 0 Å². The minimum absolute atomic E-state index is 0.0760. The molecular formula is C17H22N6O2S. The lowest BCUT2D eigenvalue weighted by Gasteiger charge is -2.30. The average Bonchev–Trinajstić information content (AvgIpc) is 3.19. The van der Waals surface area contributed by atoms with Crippen LogP contribution in [0.1, 0.15) is 34.0 Å². The van der Waals surface area contributed by atoms with E-state index in [1.807, 2.05) is 13.8 Å². The molecule has 0 aromatic carbocycles. The highest BCUT2D eigenvalue weighted by atomic mass is 32.1. The van der Waals surface area contributed by atoms with Gasteiger partial charge in [0.25, 0.3) is 5.56 Å². The zero-order valence-corrected chi connectivity index (χ0v) is 15.9. The molecule has 4 heterocycles. The van der Waals surface area contributed by atoms with Crippen LogP contribution < -0.4 is 10.9 Å². The zero-order valence-electron chi connectivity index (χ0n) is 15.1. The number of likely N-dealkylation sites (N-methyl/N-ethyl adjacent to an activating group) is 1. The van der Waals surface area contributed by atoms with Crippen LogP contribution in [0.2, 0.25) is 0 Å². The molecule has 1 unspecified atom stereocenters. The minimum Gasteiger partial charge on any atom is -0.339 e. The maximum atomic E-state index is 12.3. The third-order valence-electron chi connectivity index (χ3n) is 4.96. The Balaban J connectivity index is 1.49. The Hall–Kier alpha value is -2.10. The van der Waals surface area contributed by atoms with E-state index in [4.69, 9.17) is 4.52 Å². The second kappa shape index (κ2) is 6.90. The fourth-order valence-electron chi connectivity index (χ4n) is 3.24. The van der Waals surface area contributed by atoms with Crippen LogP contribution in [0.5, 0.6) is 0 Å². The molecule has 1 aliphatic heterocycles. The summed E-state index contributed by atoms with van der Waals surface area (Å²) in [4.78, 5) is 28.5. The van der Waals surface area contributed by atoms with E-state index in [0.717, 1.165) is 34.9 Å². The molecule has 1 aliphatic rings. The summed E-state index contributed by atoms with van der Waals surface area (Å²) in [7, 11) is 2.07. The lowest BCUT2D eigenvalue weighted by molar-refractivity contribution is 0.190. The fourth-order valence-corrected chi connectivity index (χ4v) is 4.29. The van der Waals surface area contributed by atoms with Gasteiger partial charge in [0.1, 0.15) is 10.7 Å². The van der Waals surface area contributed by atoms with Crippen LogP contribution >= 0.6 is 11.3 Å². The molecular weight excluding hydrogens is 352 g/mol. The van der Waals surface area contributed by atoms with E-state index in [-0.39, 0.29) is 11.6 Å². The molecule has 0 spiro atoms. The summed E-state index contributed by atoms with van der Waals surface area (Å²) in [5.41, 5.74) is 0.935. The molecule has 1 atom stereocenters. The summed E-state index contributed by atoms with van der Waals surface area (Å²) in [5.74, 6) is 1.93. The van der Waals surface area contributed by atoms with Crippen molar-refractivity contribution in [1.82, 2.24) is 30.3 Å². The molecule has 0 aliphatic carbocycles.